The van der Waals surface area contributed by atoms with Gasteiger partial charge in [-0.15, -0.1) is 21.5 Å². The minimum atomic E-state index is -0.0657. The molecule has 0 saturated carbocycles. The number of aromatic amines is 1. The Hall–Kier alpha value is -2.87. The first kappa shape index (κ1) is 17.2. The van der Waals surface area contributed by atoms with Gasteiger partial charge in [-0.1, -0.05) is 38.1 Å². The molecule has 8 heteroatoms. The number of aryl methyl sites for hydroxylation is 2. The zero-order valence-electron chi connectivity index (χ0n) is 15.8. The van der Waals surface area contributed by atoms with Gasteiger partial charge in [0.15, 0.2) is 0 Å². The summed E-state index contributed by atoms with van der Waals surface area (Å²) < 4.78 is 0. The monoisotopic (exact) mass is 392 g/mol. The van der Waals surface area contributed by atoms with Gasteiger partial charge in [0.2, 0.25) is 5.82 Å². The van der Waals surface area contributed by atoms with E-state index in [1.54, 1.807) is 11.3 Å². The van der Waals surface area contributed by atoms with Crippen molar-refractivity contribution in [2.45, 2.75) is 45.6 Å². The maximum Gasteiger partial charge on any atom is 0.259 e. The predicted octanol–water partition coefficient (Wildman–Crippen LogP) is 3.30. The van der Waals surface area contributed by atoms with Gasteiger partial charge in [-0.2, -0.15) is 4.80 Å². The normalized spacial score (nSPS) is 13.5. The molecule has 7 nitrogen and oxygen atoms in total. The largest absolute Gasteiger partial charge is 0.308 e. The summed E-state index contributed by atoms with van der Waals surface area (Å²) in [5.41, 5.74) is 3.31. The molecule has 1 N–H and O–H groups in total. The lowest BCUT2D eigenvalue weighted by atomic mass is 10.0. The highest BCUT2D eigenvalue weighted by Crippen LogP contribution is 2.34. The van der Waals surface area contributed by atoms with Crippen molar-refractivity contribution in [3.8, 4) is 11.4 Å². The number of hydrogen-bond acceptors (Lipinski definition) is 6. The zero-order chi connectivity index (χ0) is 19.3. The fraction of sp³-hybridized carbons (Fsp3) is 0.350. The van der Waals surface area contributed by atoms with Crippen LogP contribution in [0.1, 0.15) is 48.0 Å². The van der Waals surface area contributed by atoms with Crippen LogP contribution in [-0.2, 0) is 19.4 Å². The molecule has 0 radical (unpaired) electrons. The molecule has 5 rings (SSSR count). The van der Waals surface area contributed by atoms with Crippen molar-refractivity contribution in [3.05, 3.63) is 56.4 Å². The Bertz CT molecular complexity index is 1220. The van der Waals surface area contributed by atoms with Crippen LogP contribution in [0.15, 0.2) is 29.1 Å². The van der Waals surface area contributed by atoms with Crippen molar-refractivity contribution in [2.75, 3.05) is 0 Å². The third-order valence-corrected chi connectivity index (χ3v) is 6.39. The minimum Gasteiger partial charge on any atom is -0.308 e. The lowest BCUT2D eigenvalue weighted by Crippen LogP contribution is -2.15. The van der Waals surface area contributed by atoms with Crippen LogP contribution in [-0.4, -0.2) is 30.2 Å². The molecule has 1 aliphatic rings. The minimum absolute atomic E-state index is 0.0657. The lowest BCUT2D eigenvalue weighted by molar-refractivity contribution is 0.555. The second kappa shape index (κ2) is 6.63. The molecule has 0 aliphatic heterocycles. The number of hydrogen-bond donors (Lipinski definition) is 1. The number of fused-ring (bicyclic) bond motifs is 3. The number of thiophene rings is 1. The molecule has 0 bridgehead atoms. The second-order valence-electron chi connectivity index (χ2n) is 7.47. The topological polar surface area (TPSA) is 89.4 Å². The van der Waals surface area contributed by atoms with Crippen LogP contribution in [0.4, 0.5) is 0 Å². The number of tetrazole rings is 1. The van der Waals surface area contributed by atoms with Gasteiger partial charge in [-0.25, -0.2) is 4.98 Å². The highest BCUT2D eigenvalue weighted by molar-refractivity contribution is 7.18. The number of nitrogens with one attached hydrogen (secondary N) is 1. The van der Waals surface area contributed by atoms with E-state index in [1.807, 2.05) is 12.1 Å². The van der Waals surface area contributed by atoms with Crippen molar-refractivity contribution >= 4 is 21.6 Å². The van der Waals surface area contributed by atoms with Crippen LogP contribution in [0.3, 0.4) is 0 Å². The van der Waals surface area contributed by atoms with Crippen molar-refractivity contribution in [1.29, 1.82) is 0 Å². The fourth-order valence-corrected chi connectivity index (χ4v) is 4.98. The molecule has 3 heterocycles. The first-order valence-electron chi connectivity index (χ1n) is 9.50. The summed E-state index contributed by atoms with van der Waals surface area (Å²) in [6, 6.07) is 8.19. The van der Waals surface area contributed by atoms with Crippen LogP contribution < -0.4 is 5.56 Å². The fourth-order valence-electron chi connectivity index (χ4n) is 3.70. The van der Waals surface area contributed by atoms with Gasteiger partial charge in [-0.05, 0) is 41.5 Å². The molecule has 0 atom stereocenters. The van der Waals surface area contributed by atoms with E-state index >= 15 is 0 Å². The molecule has 28 heavy (non-hydrogen) atoms. The molecule has 1 aliphatic carbocycles. The van der Waals surface area contributed by atoms with Crippen molar-refractivity contribution in [3.63, 3.8) is 0 Å². The SMILES string of the molecule is CC(C)c1ccc(-c2nnn(Cc3nc4sc5c(c4c(=O)[nH]3)CCC5)n2)cc1. The molecule has 0 fully saturated rings. The number of nitrogens with zero attached hydrogens (tertiary/aromatic N) is 5. The van der Waals surface area contributed by atoms with Crippen molar-refractivity contribution in [1.82, 2.24) is 30.2 Å². The van der Waals surface area contributed by atoms with Gasteiger partial charge in [0.1, 0.15) is 17.2 Å². The van der Waals surface area contributed by atoms with E-state index in [0.717, 1.165) is 35.0 Å². The summed E-state index contributed by atoms with van der Waals surface area (Å²) >= 11 is 1.63. The average molecular weight is 392 g/mol. The third kappa shape index (κ3) is 2.93. The van der Waals surface area contributed by atoms with Crippen LogP contribution in [0, 0.1) is 0 Å². The first-order valence-corrected chi connectivity index (χ1v) is 10.3. The van der Waals surface area contributed by atoms with Gasteiger partial charge >= 0.3 is 0 Å². The third-order valence-electron chi connectivity index (χ3n) is 5.20. The lowest BCUT2D eigenvalue weighted by Gasteiger charge is -2.04. The second-order valence-corrected chi connectivity index (χ2v) is 8.55. The zero-order valence-corrected chi connectivity index (χ0v) is 16.6. The quantitative estimate of drug-likeness (QED) is 0.576. The molecule has 0 amide bonds. The maximum absolute atomic E-state index is 12.6. The van der Waals surface area contributed by atoms with Gasteiger partial charge in [0, 0.05) is 10.4 Å². The van der Waals surface area contributed by atoms with Crippen LogP contribution in [0.5, 0.6) is 0 Å². The number of rotatable bonds is 4. The van der Waals surface area contributed by atoms with E-state index in [9.17, 15) is 4.79 Å². The van der Waals surface area contributed by atoms with Crippen molar-refractivity contribution < 1.29 is 0 Å². The summed E-state index contributed by atoms with van der Waals surface area (Å²) in [5, 5.41) is 13.5. The highest BCUT2D eigenvalue weighted by Gasteiger charge is 2.21. The smallest absolute Gasteiger partial charge is 0.259 e. The van der Waals surface area contributed by atoms with Gasteiger partial charge in [0.25, 0.3) is 5.56 Å². The predicted molar refractivity (Wildman–Crippen MR) is 109 cm³/mol. The van der Waals surface area contributed by atoms with Gasteiger partial charge < -0.3 is 4.98 Å². The Morgan fingerprint density at radius 2 is 2.04 bits per heavy atom. The summed E-state index contributed by atoms with van der Waals surface area (Å²) in [6.07, 6.45) is 3.15. The van der Waals surface area contributed by atoms with E-state index in [-0.39, 0.29) is 12.1 Å². The summed E-state index contributed by atoms with van der Waals surface area (Å²) in [6.45, 7) is 4.61. The van der Waals surface area contributed by atoms with E-state index in [2.05, 4.69) is 51.4 Å². The Kier molecular flexibility index (Phi) is 4.08. The summed E-state index contributed by atoms with van der Waals surface area (Å²) in [7, 11) is 0. The Labute approximate surface area is 165 Å². The average Bonchev–Trinajstić information content (AvgIpc) is 3.37. The summed E-state index contributed by atoms with van der Waals surface area (Å²) in [5.74, 6) is 1.60. The molecule has 4 aromatic rings. The molecule has 1 aromatic carbocycles. The molecule has 142 valence electrons. The molecule has 0 saturated heterocycles. The van der Waals surface area contributed by atoms with Gasteiger partial charge in [-0.3, -0.25) is 4.79 Å². The first-order chi connectivity index (χ1) is 13.6. The standard InChI is InChI=1S/C20H20N6OS/c1-11(2)12-6-8-13(9-7-12)18-23-25-26(24-18)10-16-21-19(27)17-14-4-3-5-15(14)28-20(17)22-16/h6-9,11H,3-5,10H2,1-2H3,(H,21,22,27). The van der Waals surface area contributed by atoms with Crippen LogP contribution in [0.25, 0.3) is 21.6 Å². The van der Waals surface area contributed by atoms with Crippen LogP contribution >= 0.6 is 11.3 Å². The van der Waals surface area contributed by atoms with Crippen LogP contribution in [0.2, 0.25) is 0 Å². The molecule has 0 unspecified atom stereocenters. The molecular formula is C20H20N6OS. The molecule has 3 aromatic heterocycles. The maximum atomic E-state index is 12.6. The summed E-state index contributed by atoms with van der Waals surface area (Å²) in [4.78, 5) is 23.7. The Morgan fingerprint density at radius 1 is 1.21 bits per heavy atom. The number of H-pyrrole nitrogens is 1. The van der Waals surface area contributed by atoms with E-state index in [1.165, 1.54) is 20.8 Å². The molecule has 0 spiro atoms. The number of benzene rings is 1. The Balaban J connectivity index is 1.42. The highest BCUT2D eigenvalue weighted by atomic mass is 32.1. The Morgan fingerprint density at radius 3 is 2.82 bits per heavy atom. The molecular weight excluding hydrogens is 372 g/mol. The number of aromatic nitrogens is 6. The van der Waals surface area contributed by atoms with E-state index < -0.39 is 0 Å². The van der Waals surface area contributed by atoms with Gasteiger partial charge in [0.05, 0.1) is 5.39 Å². The van der Waals surface area contributed by atoms with E-state index in [0.29, 0.717) is 17.6 Å². The van der Waals surface area contributed by atoms with Crippen molar-refractivity contribution in [2.24, 2.45) is 0 Å². The van der Waals surface area contributed by atoms with E-state index in [4.69, 9.17) is 0 Å².